The monoisotopic (exact) mass is 676 g/mol. The lowest BCUT2D eigenvalue weighted by Gasteiger charge is -2.20. The third kappa shape index (κ3) is 34.4. The minimum absolute atomic E-state index is 0.00546. The standard InChI is InChI=1S/C43H81NO4/c1-3-5-7-9-11-13-15-16-17-18-19-20-21-22-23-24-25-26-27-29-31-33-35-37-42(47)41(39-45)44-43(48)38-40(46)36-34-32-30-28-14-12-10-8-6-4-2/h12,14,27,29,35,37,40-42,45-47H,3-11,13,15-26,28,30-34,36,38-39H2,1-2H3,(H,44,48)/b14-12-,29-27+,37-35+. The van der Waals surface area contributed by atoms with Crippen LogP contribution in [0.1, 0.15) is 206 Å². The molecule has 0 radical (unpaired) electrons. The van der Waals surface area contributed by atoms with E-state index >= 15 is 0 Å². The van der Waals surface area contributed by atoms with E-state index in [1.165, 1.54) is 128 Å². The molecule has 5 heteroatoms. The lowest BCUT2D eigenvalue weighted by Crippen LogP contribution is -2.45. The van der Waals surface area contributed by atoms with Crippen molar-refractivity contribution in [3.63, 3.8) is 0 Å². The van der Waals surface area contributed by atoms with E-state index < -0.39 is 18.2 Å². The molecule has 0 saturated heterocycles. The Kier molecular flexibility index (Phi) is 37.2. The average Bonchev–Trinajstić information content (AvgIpc) is 3.08. The summed E-state index contributed by atoms with van der Waals surface area (Å²) in [5.74, 6) is -0.337. The number of aliphatic hydroxyl groups is 3. The molecule has 0 aromatic rings. The van der Waals surface area contributed by atoms with Gasteiger partial charge in [0.05, 0.1) is 31.3 Å². The Bertz CT molecular complexity index is 749. The van der Waals surface area contributed by atoms with E-state index in [0.29, 0.717) is 6.42 Å². The van der Waals surface area contributed by atoms with Gasteiger partial charge in [0, 0.05) is 0 Å². The molecule has 48 heavy (non-hydrogen) atoms. The minimum atomic E-state index is -0.954. The lowest BCUT2D eigenvalue weighted by molar-refractivity contribution is -0.124. The SMILES string of the molecule is CCCCC/C=C\CCCCCC(O)CC(=O)NC(CO)C(O)/C=C/CC/C=C/CCCCCCCCCCCCCCCCCCC. The van der Waals surface area contributed by atoms with Gasteiger partial charge in [0.25, 0.3) is 0 Å². The van der Waals surface area contributed by atoms with Crippen LogP contribution in [0.4, 0.5) is 0 Å². The number of carbonyl (C=O) groups excluding carboxylic acids is 1. The quantitative estimate of drug-likeness (QED) is 0.0390. The average molecular weight is 676 g/mol. The molecule has 0 saturated carbocycles. The second kappa shape index (κ2) is 38.4. The lowest BCUT2D eigenvalue weighted by atomic mass is 10.0. The number of nitrogens with one attached hydrogen (secondary N) is 1. The summed E-state index contributed by atoms with van der Waals surface area (Å²) in [7, 11) is 0. The Balaban J connectivity index is 3.70. The summed E-state index contributed by atoms with van der Waals surface area (Å²) in [5.41, 5.74) is 0. The Labute approximate surface area is 298 Å². The summed E-state index contributed by atoms with van der Waals surface area (Å²) < 4.78 is 0. The highest BCUT2D eigenvalue weighted by Crippen LogP contribution is 2.15. The van der Waals surface area contributed by atoms with Crippen molar-refractivity contribution in [2.24, 2.45) is 0 Å². The first-order valence-electron chi connectivity index (χ1n) is 20.8. The number of rotatable bonds is 37. The highest BCUT2D eigenvalue weighted by molar-refractivity contribution is 5.76. The predicted molar refractivity (Wildman–Crippen MR) is 208 cm³/mol. The van der Waals surface area contributed by atoms with Gasteiger partial charge in [0.1, 0.15) is 0 Å². The maximum Gasteiger partial charge on any atom is 0.222 e. The van der Waals surface area contributed by atoms with Crippen LogP contribution in [-0.4, -0.2) is 46.1 Å². The second-order valence-electron chi connectivity index (χ2n) is 14.2. The number of carbonyl (C=O) groups is 1. The number of allylic oxidation sites excluding steroid dienone is 5. The van der Waals surface area contributed by atoms with E-state index in [1.54, 1.807) is 6.08 Å². The first-order chi connectivity index (χ1) is 23.5. The van der Waals surface area contributed by atoms with Gasteiger partial charge in [-0.2, -0.15) is 0 Å². The molecule has 3 atom stereocenters. The Hall–Kier alpha value is -1.43. The van der Waals surface area contributed by atoms with Gasteiger partial charge < -0.3 is 20.6 Å². The van der Waals surface area contributed by atoms with Crippen LogP contribution >= 0.6 is 0 Å². The first-order valence-corrected chi connectivity index (χ1v) is 20.8. The smallest absolute Gasteiger partial charge is 0.222 e. The van der Waals surface area contributed by atoms with Crippen molar-refractivity contribution < 1.29 is 20.1 Å². The van der Waals surface area contributed by atoms with E-state index in [4.69, 9.17) is 0 Å². The van der Waals surface area contributed by atoms with Crippen LogP contribution in [-0.2, 0) is 4.79 Å². The van der Waals surface area contributed by atoms with Crippen LogP contribution in [0.3, 0.4) is 0 Å². The molecule has 0 spiro atoms. The predicted octanol–water partition coefficient (Wildman–Crippen LogP) is 11.6. The maximum atomic E-state index is 12.4. The molecule has 0 aliphatic carbocycles. The topological polar surface area (TPSA) is 89.8 Å². The Morgan fingerprint density at radius 1 is 0.521 bits per heavy atom. The van der Waals surface area contributed by atoms with E-state index in [9.17, 15) is 20.1 Å². The molecule has 0 aliphatic rings. The summed E-state index contributed by atoms with van der Waals surface area (Å²) in [6.07, 6.45) is 47.2. The van der Waals surface area contributed by atoms with Crippen molar-refractivity contribution >= 4 is 5.91 Å². The van der Waals surface area contributed by atoms with E-state index in [2.05, 4.69) is 43.5 Å². The van der Waals surface area contributed by atoms with Gasteiger partial charge in [-0.25, -0.2) is 0 Å². The molecule has 0 bridgehead atoms. The molecule has 4 N–H and O–H groups in total. The van der Waals surface area contributed by atoms with Crippen LogP contribution in [0.25, 0.3) is 0 Å². The molecule has 1 amide bonds. The molecular weight excluding hydrogens is 594 g/mol. The molecule has 0 aromatic heterocycles. The van der Waals surface area contributed by atoms with Crippen molar-refractivity contribution in [3.05, 3.63) is 36.5 Å². The second-order valence-corrected chi connectivity index (χ2v) is 14.2. The Morgan fingerprint density at radius 3 is 1.38 bits per heavy atom. The molecule has 0 aromatic carbocycles. The summed E-state index contributed by atoms with van der Waals surface area (Å²) in [6, 6.07) is -0.764. The third-order valence-corrected chi connectivity index (χ3v) is 9.40. The van der Waals surface area contributed by atoms with Gasteiger partial charge in [-0.15, -0.1) is 0 Å². The molecule has 0 rings (SSSR count). The number of aliphatic hydroxyl groups excluding tert-OH is 3. The zero-order valence-corrected chi connectivity index (χ0v) is 31.9. The van der Waals surface area contributed by atoms with Crippen molar-refractivity contribution in [3.8, 4) is 0 Å². The molecule has 5 nitrogen and oxygen atoms in total. The number of amides is 1. The highest BCUT2D eigenvalue weighted by atomic mass is 16.3. The van der Waals surface area contributed by atoms with Crippen molar-refractivity contribution in [2.75, 3.05) is 6.61 Å². The van der Waals surface area contributed by atoms with Crippen molar-refractivity contribution in [1.29, 1.82) is 0 Å². The van der Waals surface area contributed by atoms with Gasteiger partial charge >= 0.3 is 0 Å². The van der Waals surface area contributed by atoms with Gasteiger partial charge in [-0.05, 0) is 57.8 Å². The largest absolute Gasteiger partial charge is 0.394 e. The minimum Gasteiger partial charge on any atom is -0.394 e. The third-order valence-electron chi connectivity index (χ3n) is 9.40. The van der Waals surface area contributed by atoms with E-state index in [1.807, 2.05) is 6.08 Å². The summed E-state index contributed by atoms with van der Waals surface area (Å²) in [6.45, 7) is 4.16. The maximum absolute atomic E-state index is 12.4. The number of unbranched alkanes of at least 4 members (excludes halogenated alkanes) is 24. The normalized spacial score (nSPS) is 14.0. The van der Waals surface area contributed by atoms with Crippen LogP contribution in [0.2, 0.25) is 0 Å². The summed E-state index contributed by atoms with van der Waals surface area (Å²) in [4.78, 5) is 12.4. The fourth-order valence-electron chi connectivity index (χ4n) is 6.17. The number of hydrogen-bond donors (Lipinski definition) is 4. The molecule has 282 valence electrons. The van der Waals surface area contributed by atoms with Crippen molar-refractivity contribution in [2.45, 2.75) is 225 Å². The summed E-state index contributed by atoms with van der Waals surface area (Å²) in [5, 5.41) is 33.0. The van der Waals surface area contributed by atoms with Crippen LogP contribution in [0.15, 0.2) is 36.5 Å². The van der Waals surface area contributed by atoms with Crippen molar-refractivity contribution in [1.82, 2.24) is 5.32 Å². The molecule has 3 unspecified atom stereocenters. The fourth-order valence-corrected chi connectivity index (χ4v) is 6.17. The number of hydrogen-bond acceptors (Lipinski definition) is 4. The van der Waals surface area contributed by atoms with Crippen LogP contribution < -0.4 is 5.32 Å². The zero-order chi connectivity index (χ0) is 35.2. The summed E-state index contributed by atoms with van der Waals surface area (Å²) >= 11 is 0. The van der Waals surface area contributed by atoms with Crippen LogP contribution in [0.5, 0.6) is 0 Å². The van der Waals surface area contributed by atoms with E-state index in [-0.39, 0.29) is 18.9 Å². The first kappa shape index (κ1) is 46.6. The van der Waals surface area contributed by atoms with Gasteiger partial charge in [-0.1, -0.05) is 179 Å². The molecule has 0 fully saturated rings. The molecule has 0 heterocycles. The van der Waals surface area contributed by atoms with Gasteiger partial charge in [-0.3, -0.25) is 4.79 Å². The van der Waals surface area contributed by atoms with Gasteiger partial charge in [0.15, 0.2) is 0 Å². The molecule has 0 aliphatic heterocycles. The zero-order valence-electron chi connectivity index (χ0n) is 31.9. The highest BCUT2D eigenvalue weighted by Gasteiger charge is 2.20. The van der Waals surface area contributed by atoms with Gasteiger partial charge in [0.2, 0.25) is 5.91 Å². The fraction of sp³-hybridized carbons (Fsp3) is 0.837. The molecular formula is C43H81NO4. The van der Waals surface area contributed by atoms with Crippen LogP contribution in [0, 0.1) is 0 Å². The Morgan fingerprint density at radius 2 is 0.896 bits per heavy atom. The van der Waals surface area contributed by atoms with E-state index in [0.717, 1.165) is 51.4 Å².